The Balaban J connectivity index is 0. The van der Waals surface area contributed by atoms with Crippen molar-refractivity contribution in [3.8, 4) is 0 Å². The Kier molecular flexibility index (Phi) is 25.6. The van der Waals surface area contributed by atoms with E-state index in [0.717, 1.165) is 6.42 Å². The average molecular weight is 441 g/mol. The molecule has 0 aromatic rings. The van der Waals surface area contributed by atoms with Crippen LogP contribution in [0.1, 0.15) is 96.8 Å². The summed E-state index contributed by atoms with van der Waals surface area (Å²) in [6, 6.07) is 0. The standard InChI is InChI=1S/C21H42O3.H3O4P/c1-2-3-4-5-6-7-8-9-10-11-12-13-14-15-16-17-18-24-20-21(23)19-22;1-5(2,3)4/h9-10,21-23H,2-8,11-20H2,1H3;(H3,1,2,3,4). The Bertz CT molecular complexity index is 377. The van der Waals surface area contributed by atoms with Gasteiger partial charge < -0.3 is 29.6 Å². The number of phosphoric acid groups is 1. The van der Waals surface area contributed by atoms with Crippen LogP contribution in [-0.4, -0.2) is 50.8 Å². The van der Waals surface area contributed by atoms with Crippen molar-refractivity contribution in [1.29, 1.82) is 0 Å². The molecule has 29 heavy (non-hydrogen) atoms. The van der Waals surface area contributed by atoms with Crippen molar-refractivity contribution in [2.24, 2.45) is 0 Å². The molecule has 0 spiro atoms. The Hall–Kier alpha value is -0.270. The molecule has 8 heteroatoms. The van der Waals surface area contributed by atoms with Crippen LogP contribution < -0.4 is 0 Å². The highest BCUT2D eigenvalue weighted by molar-refractivity contribution is 7.45. The fourth-order valence-corrected chi connectivity index (χ4v) is 2.72. The molecule has 0 aliphatic rings. The van der Waals surface area contributed by atoms with Gasteiger partial charge in [0.05, 0.1) is 13.2 Å². The minimum atomic E-state index is -4.64. The molecule has 176 valence electrons. The molecule has 0 radical (unpaired) electrons. The second-order valence-electron chi connectivity index (χ2n) is 7.36. The average Bonchev–Trinajstić information content (AvgIpc) is 2.65. The number of rotatable bonds is 19. The van der Waals surface area contributed by atoms with Gasteiger partial charge >= 0.3 is 7.82 Å². The van der Waals surface area contributed by atoms with Crippen LogP contribution >= 0.6 is 7.82 Å². The first kappa shape index (κ1) is 30.9. The maximum atomic E-state index is 9.11. The third-order valence-corrected chi connectivity index (χ3v) is 4.32. The van der Waals surface area contributed by atoms with Crippen LogP contribution in [0.3, 0.4) is 0 Å². The van der Waals surface area contributed by atoms with E-state index >= 15 is 0 Å². The summed E-state index contributed by atoms with van der Waals surface area (Å²) in [5.74, 6) is 0. The van der Waals surface area contributed by atoms with E-state index in [1.807, 2.05) is 0 Å². The predicted octanol–water partition coefficient (Wildman–Crippen LogP) is 4.47. The number of hydrogen-bond acceptors (Lipinski definition) is 4. The van der Waals surface area contributed by atoms with Crippen molar-refractivity contribution in [2.75, 3.05) is 19.8 Å². The highest BCUT2D eigenvalue weighted by atomic mass is 31.2. The summed E-state index contributed by atoms with van der Waals surface area (Å²) in [5.41, 5.74) is 0. The molecule has 0 aliphatic carbocycles. The van der Waals surface area contributed by atoms with Crippen molar-refractivity contribution in [1.82, 2.24) is 0 Å². The largest absolute Gasteiger partial charge is 0.466 e. The lowest BCUT2D eigenvalue weighted by Gasteiger charge is -2.07. The van der Waals surface area contributed by atoms with Gasteiger partial charge in [0.25, 0.3) is 0 Å². The van der Waals surface area contributed by atoms with E-state index in [1.54, 1.807) is 0 Å². The van der Waals surface area contributed by atoms with Gasteiger partial charge in [-0.3, -0.25) is 0 Å². The van der Waals surface area contributed by atoms with Crippen LogP contribution in [0.4, 0.5) is 0 Å². The third-order valence-electron chi connectivity index (χ3n) is 4.32. The van der Waals surface area contributed by atoms with E-state index in [9.17, 15) is 0 Å². The van der Waals surface area contributed by atoms with Gasteiger partial charge in [-0.15, -0.1) is 0 Å². The topological polar surface area (TPSA) is 127 Å². The molecule has 0 bridgehead atoms. The van der Waals surface area contributed by atoms with Gasteiger partial charge in [-0.2, -0.15) is 0 Å². The molecule has 1 unspecified atom stereocenters. The van der Waals surface area contributed by atoms with Crippen LogP contribution in [0.15, 0.2) is 12.2 Å². The first-order chi connectivity index (χ1) is 13.8. The van der Waals surface area contributed by atoms with Gasteiger partial charge in [-0.25, -0.2) is 4.57 Å². The lowest BCUT2D eigenvalue weighted by Crippen LogP contribution is -2.19. The zero-order valence-electron chi connectivity index (χ0n) is 18.3. The zero-order chi connectivity index (χ0) is 22.2. The quantitative estimate of drug-likeness (QED) is 0.114. The lowest BCUT2D eigenvalue weighted by atomic mass is 10.1. The van der Waals surface area contributed by atoms with Gasteiger partial charge in [0.2, 0.25) is 0 Å². The molecule has 0 aliphatic heterocycles. The van der Waals surface area contributed by atoms with E-state index in [-0.39, 0.29) is 13.2 Å². The number of aliphatic hydroxyl groups excluding tert-OH is 2. The molecule has 0 saturated carbocycles. The molecule has 0 aromatic heterocycles. The summed E-state index contributed by atoms with van der Waals surface area (Å²) in [7, 11) is -4.64. The SMILES string of the molecule is CCCCCCCCC=CCCCCCCCCOCC(O)CO.O=P(O)(O)O. The van der Waals surface area contributed by atoms with Gasteiger partial charge in [-0.05, 0) is 32.1 Å². The minimum absolute atomic E-state index is 0.215. The number of allylic oxidation sites excluding steroid dienone is 2. The second kappa shape index (κ2) is 24.0. The summed E-state index contributed by atoms with van der Waals surface area (Å²) < 4.78 is 14.2. The molecule has 5 N–H and O–H groups in total. The van der Waals surface area contributed by atoms with Crippen LogP contribution in [0.25, 0.3) is 0 Å². The zero-order valence-corrected chi connectivity index (χ0v) is 19.1. The molecule has 7 nitrogen and oxygen atoms in total. The molecule has 0 saturated heterocycles. The number of unbranched alkanes of at least 4 members (excludes halogenated alkanes) is 12. The van der Waals surface area contributed by atoms with Crippen LogP contribution in [0.5, 0.6) is 0 Å². The van der Waals surface area contributed by atoms with E-state index in [1.165, 1.54) is 83.5 Å². The predicted molar refractivity (Wildman–Crippen MR) is 118 cm³/mol. The van der Waals surface area contributed by atoms with Crippen molar-refractivity contribution >= 4 is 7.82 Å². The summed E-state index contributed by atoms with van der Waals surface area (Å²) in [4.78, 5) is 21.6. The maximum Gasteiger partial charge on any atom is 0.466 e. The second-order valence-corrected chi connectivity index (χ2v) is 8.39. The smallest absolute Gasteiger partial charge is 0.394 e. The first-order valence-electron chi connectivity index (χ1n) is 11.1. The summed E-state index contributed by atoms with van der Waals surface area (Å²) >= 11 is 0. The Labute approximate surface area is 177 Å². The lowest BCUT2D eigenvalue weighted by molar-refractivity contribution is 0.00526. The minimum Gasteiger partial charge on any atom is -0.394 e. The number of ether oxygens (including phenoxy) is 1. The van der Waals surface area contributed by atoms with E-state index < -0.39 is 13.9 Å². The maximum absolute atomic E-state index is 9.11. The normalized spacial score (nSPS) is 12.8. The number of hydrogen-bond donors (Lipinski definition) is 5. The van der Waals surface area contributed by atoms with Crippen molar-refractivity contribution in [3.05, 3.63) is 12.2 Å². The molecule has 0 aromatic carbocycles. The molecule has 0 heterocycles. The van der Waals surface area contributed by atoms with Crippen LogP contribution in [0.2, 0.25) is 0 Å². The highest BCUT2D eigenvalue weighted by Crippen LogP contribution is 2.25. The van der Waals surface area contributed by atoms with Crippen LogP contribution in [0, 0.1) is 0 Å². The Morgan fingerprint density at radius 2 is 1.21 bits per heavy atom. The molecule has 1 atom stereocenters. The summed E-state index contributed by atoms with van der Waals surface area (Å²) in [6.07, 6.45) is 22.3. The van der Waals surface area contributed by atoms with Crippen molar-refractivity contribution < 1.29 is 34.2 Å². The molecular formula is C21H45O7P. The van der Waals surface area contributed by atoms with Crippen LogP contribution in [-0.2, 0) is 9.30 Å². The monoisotopic (exact) mass is 440 g/mol. The fraction of sp³-hybridized carbons (Fsp3) is 0.905. The van der Waals surface area contributed by atoms with Gasteiger partial charge in [0.1, 0.15) is 6.10 Å². The Morgan fingerprint density at radius 3 is 1.66 bits per heavy atom. The fourth-order valence-electron chi connectivity index (χ4n) is 2.72. The Morgan fingerprint density at radius 1 is 0.793 bits per heavy atom. The molecule has 0 amide bonds. The van der Waals surface area contributed by atoms with E-state index in [2.05, 4.69) is 19.1 Å². The van der Waals surface area contributed by atoms with E-state index in [0.29, 0.717) is 6.61 Å². The van der Waals surface area contributed by atoms with Crippen molar-refractivity contribution in [2.45, 2.75) is 103 Å². The molecular weight excluding hydrogens is 395 g/mol. The number of aliphatic hydroxyl groups is 2. The van der Waals surface area contributed by atoms with Crippen molar-refractivity contribution in [3.63, 3.8) is 0 Å². The third kappa shape index (κ3) is 38.9. The molecule has 0 fully saturated rings. The molecule has 0 rings (SSSR count). The van der Waals surface area contributed by atoms with Gasteiger partial charge in [0, 0.05) is 6.61 Å². The highest BCUT2D eigenvalue weighted by Gasteiger charge is 2.01. The first-order valence-corrected chi connectivity index (χ1v) is 12.7. The van der Waals surface area contributed by atoms with E-state index in [4.69, 9.17) is 34.2 Å². The van der Waals surface area contributed by atoms with Gasteiger partial charge in [0.15, 0.2) is 0 Å². The summed E-state index contributed by atoms with van der Waals surface area (Å²) in [5, 5.41) is 17.8. The van der Waals surface area contributed by atoms with Gasteiger partial charge in [-0.1, -0.05) is 76.9 Å². The summed E-state index contributed by atoms with van der Waals surface area (Å²) in [6.45, 7) is 3.00.